The van der Waals surface area contributed by atoms with E-state index in [1.54, 1.807) is 0 Å². The number of hydrogen-bond acceptors (Lipinski definition) is 3. The Bertz CT molecular complexity index is 521. The zero-order valence-corrected chi connectivity index (χ0v) is 10.1. The summed E-state index contributed by atoms with van der Waals surface area (Å²) in [5.74, 6) is -2.24. The Morgan fingerprint density at radius 3 is 2.53 bits per heavy atom. The van der Waals surface area contributed by atoms with Gasteiger partial charge in [0, 0.05) is 0 Å². The maximum Gasteiger partial charge on any atom is 0.321 e. The normalized spacial score (nSPS) is 13.4. The Morgan fingerprint density at radius 1 is 1.47 bits per heavy atom. The van der Waals surface area contributed by atoms with Gasteiger partial charge < -0.3 is 5.11 Å². The fraction of sp³-hybridized carbons (Fsp3) is 0.300. The van der Waals surface area contributed by atoms with Crippen LogP contribution in [0.2, 0.25) is 0 Å². The average molecular weight is 261 g/mol. The van der Waals surface area contributed by atoms with Gasteiger partial charge in [0.05, 0.1) is 0 Å². The zero-order chi connectivity index (χ0) is 13.2. The number of carboxylic acid groups (broad SMARTS) is 1. The standard InChI is InChI=1S/C10H12FNO4S/c1-6-4-3-5-8(11)9(6)17(15,16)12-7(2)10(13)14/h3-5,7,12H,1-2H3,(H,13,14). The van der Waals surface area contributed by atoms with Crippen LogP contribution in [0.4, 0.5) is 4.39 Å². The molecule has 2 N–H and O–H groups in total. The summed E-state index contributed by atoms with van der Waals surface area (Å²) in [6.45, 7) is 2.60. The van der Waals surface area contributed by atoms with Gasteiger partial charge in [0.2, 0.25) is 10.0 Å². The third-order valence-corrected chi connectivity index (χ3v) is 3.85. The Hall–Kier alpha value is -1.47. The van der Waals surface area contributed by atoms with E-state index >= 15 is 0 Å². The maximum atomic E-state index is 13.4. The molecule has 0 bridgehead atoms. The molecule has 0 aliphatic rings. The number of rotatable bonds is 4. The third-order valence-electron chi connectivity index (χ3n) is 2.13. The van der Waals surface area contributed by atoms with Crippen molar-refractivity contribution in [2.24, 2.45) is 0 Å². The van der Waals surface area contributed by atoms with Crippen molar-refractivity contribution in [3.8, 4) is 0 Å². The lowest BCUT2D eigenvalue weighted by molar-refractivity contribution is -0.138. The summed E-state index contributed by atoms with van der Waals surface area (Å²) in [5.41, 5.74) is 0.218. The number of carboxylic acids is 1. The average Bonchev–Trinajstić information content (AvgIpc) is 2.15. The number of carbonyl (C=O) groups is 1. The molecule has 0 aliphatic carbocycles. The van der Waals surface area contributed by atoms with Gasteiger partial charge in [0.15, 0.2) is 0 Å². The van der Waals surface area contributed by atoms with Crippen LogP contribution in [-0.2, 0) is 14.8 Å². The Kier molecular flexibility index (Phi) is 3.84. The number of benzene rings is 1. The number of halogens is 1. The smallest absolute Gasteiger partial charge is 0.321 e. The van der Waals surface area contributed by atoms with E-state index in [-0.39, 0.29) is 5.56 Å². The molecule has 0 heterocycles. The first kappa shape index (κ1) is 13.6. The van der Waals surface area contributed by atoms with Gasteiger partial charge in [-0.05, 0) is 25.5 Å². The molecule has 0 aromatic heterocycles. The molecule has 0 spiro atoms. The first-order valence-corrected chi connectivity index (χ1v) is 6.24. The number of sulfonamides is 1. The van der Waals surface area contributed by atoms with Crippen molar-refractivity contribution in [2.45, 2.75) is 24.8 Å². The maximum absolute atomic E-state index is 13.4. The molecule has 1 aromatic carbocycles. The lowest BCUT2D eigenvalue weighted by atomic mass is 10.2. The van der Waals surface area contributed by atoms with Gasteiger partial charge in [0.25, 0.3) is 0 Å². The molecule has 0 amide bonds. The van der Waals surface area contributed by atoms with Crippen LogP contribution in [0.1, 0.15) is 12.5 Å². The molecule has 0 saturated heterocycles. The molecule has 1 atom stereocenters. The first-order valence-electron chi connectivity index (χ1n) is 4.76. The topological polar surface area (TPSA) is 83.5 Å². The van der Waals surface area contributed by atoms with E-state index < -0.39 is 32.7 Å². The van der Waals surface area contributed by atoms with Crippen LogP contribution < -0.4 is 4.72 Å². The number of nitrogens with one attached hydrogen (secondary N) is 1. The van der Waals surface area contributed by atoms with Crippen LogP contribution in [-0.4, -0.2) is 25.5 Å². The summed E-state index contributed by atoms with van der Waals surface area (Å²) in [6, 6.07) is 2.50. The highest BCUT2D eigenvalue weighted by molar-refractivity contribution is 7.89. The van der Waals surface area contributed by atoms with E-state index in [4.69, 9.17) is 5.11 Å². The minimum absolute atomic E-state index is 0.218. The number of hydrogen-bond donors (Lipinski definition) is 2. The zero-order valence-electron chi connectivity index (χ0n) is 9.27. The van der Waals surface area contributed by atoms with E-state index in [1.807, 2.05) is 4.72 Å². The van der Waals surface area contributed by atoms with Gasteiger partial charge in [-0.2, -0.15) is 4.72 Å². The summed E-state index contributed by atoms with van der Waals surface area (Å²) in [7, 11) is -4.17. The molecule has 0 radical (unpaired) electrons. The van der Waals surface area contributed by atoms with Gasteiger partial charge in [-0.3, -0.25) is 4.79 Å². The van der Waals surface area contributed by atoms with Gasteiger partial charge in [-0.25, -0.2) is 12.8 Å². The summed E-state index contributed by atoms with van der Waals surface area (Å²) in [6.07, 6.45) is 0. The fourth-order valence-electron chi connectivity index (χ4n) is 1.30. The van der Waals surface area contributed by atoms with Crippen molar-refractivity contribution < 1.29 is 22.7 Å². The quantitative estimate of drug-likeness (QED) is 0.843. The van der Waals surface area contributed by atoms with Crippen molar-refractivity contribution in [1.29, 1.82) is 0 Å². The highest BCUT2D eigenvalue weighted by Gasteiger charge is 2.25. The molecule has 5 nitrogen and oxygen atoms in total. The van der Waals surface area contributed by atoms with Crippen molar-refractivity contribution in [3.05, 3.63) is 29.6 Å². The molecule has 0 saturated carbocycles. The molecule has 1 rings (SSSR count). The van der Waals surface area contributed by atoms with Crippen molar-refractivity contribution >= 4 is 16.0 Å². The van der Waals surface area contributed by atoms with E-state index in [0.717, 1.165) is 13.0 Å². The van der Waals surface area contributed by atoms with Gasteiger partial charge in [-0.15, -0.1) is 0 Å². The molecule has 7 heteroatoms. The summed E-state index contributed by atoms with van der Waals surface area (Å²) in [4.78, 5) is 10.0. The van der Waals surface area contributed by atoms with Gasteiger partial charge in [-0.1, -0.05) is 12.1 Å². The highest BCUT2D eigenvalue weighted by Crippen LogP contribution is 2.18. The second kappa shape index (κ2) is 4.80. The SMILES string of the molecule is Cc1cccc(F)c1S(=O)(=O)NC(C)C(=O)O. The Morgan fingerprint density at radius 2 is 2.06 bits per heavy atom. The second-order valence-electron chi connectivity index (χ2n) is 3.57. The predicted octanol–water partition coefficient (Wildman–Crippen LogP) is 0.886. The largest absolute Gasteiger partial charge is 0.480 e. The second-order valence-corrected chi connectivity index (χ2v) is 5.22. The number of aryl methyl sites for hydroxylation is 1. The van der Waals surface area contributed by atoms with Crippen LogP contribution in [0.5, 0.6) is 0 Å². The Balaban J connectivity index is 3.19. The van der Waals surface area contributed by atoms with Crippen LogP contribution in [0.15, 0.2) is 23.1 Å². The summed E-state index contributed by atoms with van der Waals surface area (Å²) < 4.78 is 38.9. The molecule has 94 valence electrons. The predicted molar refractivity (Wildman–Crippen MR) is 58.6 cm³/mol. The lowest BCUT2D eigenvalue weighted by Crippen LogP contribution is -2.38. The highest BCUT2D eigenvalue weighted by atomic mass is 32.2. The molecular weight excluding hydrogens is 249 g/mol. The third kappa shape index (κ3) is 3.01. The van der Waals surface area contributed by atoms with Crippen LogP contribution in [0, 0.1) is 12.7 Å². The fourth-order valence-corrected chi connectivity index (χ4v) is 2.80. The minimum Gasteiger partial charge on any atom is -0.480 e. The van der Waals surface area contributed by atoms with Crippen LogP contribution >= 0.6 is 0 Å². The minimum atomic E-state index is -4.17. The van der Waals surface area contributed by atoms with Gasteiger partial charge >= 0.3 is 5.97 Å². The van der Waals surface area contributed by atoms with Crippen molar-refractivity contribution in [1.82, 2.24) is 4.72 Å². The van der Waals surface area contributed by atoms with Crippen LogP contribution in [0.3, 0.4) is 0 Å². The van der Waals surface area contributed by atoms with E-state index in [2.05, 4.69) is 0 Å². The van der Waals surface area contributed by atoms with E-state index in [1.165, 1.54) is 19.1 Å². The van der Waals surface area contributed by atoms with Crippen molar-refractivity contribution in [3.63, 3.8) is 0 Å². The molecule has 1 aromatic rings. The van der Waals surface area contributed by atoms with E-state index in [0.29, 0.717) is 0 Å². The Labute approximate surface area is 98.3 Å². The first-order chi connectivity index (χ1) is 7.75. The molecule has 17 heavy (non-hydrogen) atoms. The van der Waals surface area contributed by atoms with Crippen LogP contribution in [0.25, 0.3) is 0 Å². The van der Waals surface area contributed by atoms with Crippen molar-refractivity contribution in [2.75, 3.05) is 0 Å². The molecule has 0 fully saturated rings. The number of aliphatic carboxylic acids is 1. The summed E-state index contributed by atoms with van der Waals surface area (Å²) in [5, 5.41) is 8.61. The lowest BCUT2D eigenvalue weighted by Gasteiger charge is -2.12. The summed E-state index contributed by atoms with van der Waals surface area (Å²) >= 11 is 0. The monoisotopic (exact) mass is 261 g/mol. The molecular formula is C10H12FNO4S. The molecule has 0 aliphatic heterocycles. The molecule has 1 unspecified atom stereocenters. The van der Waals surface area contributed by atoms with Gasteiger partial charge in [0.1, 0.15) is 16.8 Å². The van der Waals surface area contributed by atoms with E-state index in [9.17, 15) is 17.6 Å².